The van der Waals surface area contributed by atoms with E-state index < -0.39 is 0 Å². The zero-order chi connectivity index (χ0) is 14.0. The van der Waals surface area contributed by atoms with Gasteiger partial charge in [0, 0.05) is 29.3 Å². The van der Waals surface area contributed by atoms with E-state index >= 15 is 0 Å². The molecular formula is C15H23BrN2O. The summed E-state index contributed by atoms with van der Waals surface area (Å²) in [5.74, 6) is 0.447. The molecule has 4 heteroatoms. The molecule has 0 aliphatic carbocycles. The number of aliphatic hydroxyl groups is 1. The first-order chi connectivity index (χ1) is 8.99. The number of nitrogens with zero attached hydrogens (tertiary/aromatic N) is 1. The number of benzene rings is 1. The molecule has 3 nitrogen and oxygen atoms in total. The van der Waals surface area contributed by atoms with Crippen molar-refractivity contribution >= 4 is 21.6 Å². The minimum absolute atomic E-state index is 0.0457. The number of hydrogen-bond acceptors (Lipinski definition) is 3. The fourth-order valence-electron chi connectivity index (χ4n) is 2.72. The summed E-state index contributed by atoms with van der Waals surface area (Å²) in [6.07, 6.45) is 1.93. The zero-order valence-corrected chi connectivity index (χ0v) is 13.2. The van der Waals surface area contributed by atoms with Gasteiger partial charge >= 0.3 is 0 Å². The van der Waals surface area contributed by atoms with Crippen molar-refractivity contribution in [2.45, 2.75) is 38.8 Å². The maximum absolute atomic E-state index is 9.64. The van der Waals surface area contributed by atoms with Crippen molar-refractivity contribution in [2.75, 3.05) is 18.0 Å². The molecular weight excluding hydrogens is 304 g/mol. The third kappa shape index (κ3) is 3.50. The van der Waals surface area contributed by atoms with Gasteiger partial charge in [0.1, 0.15) is 0 Å². The van der Waals surface area contributed by atoms with Crippen molar-refractivity contribution < 1.29 is 5.11 Å². The summed E-state index contributed by atoms with van der Waals surface area (Å²) in [6.45, 7) is 5.92. The number of hydrogen-bond donors (Lipinski definition) is 2. The fourth-order valence-corrected chi connectivity index (χ4v) is 3.45. The van der Waals surface area contributed by atoms with Crippen molar-refractivity contribution in [1.82, 2.24) is 0 Å². The molecule has 0 aromatic heterocycles. The lowest BCUT2D eigenvalue weighted by Gasteiger charge is -2.35. The van der Waals surface area contributed by atoms with Gasteiger partial charge in [0.05, 0.1) is 6.10 Å². The van der Waals surface area contributed by atoms with Gasteiger partial charge in [-0.15, -0.1) is 0 Å². The van der Waals surface area contributed by atoms with Crippen LogP contribution in [0.4, 0.5) is 5.69 Å². The maximum atomic E-state index is 9.64. The first-order valence-corrected chi connectivity index (χ1v) is 7.76. The lowest BCUT2D eigenvalue weighted by atomic mass is 9.92. The van der Waals surface area contributed by atoms with Crippen molar-refractivity contribution in [3.05, 3.63) is 28.2 Å². The Kier molecular flexibility index (Phi) is 4.87. The lowest BCUT2D eigenvalue weighted by molar-refractivity contribution is 0.110. The molecule has 1 aromatic rings. The number of nitrogens with two attached hydrogens (primary N) is 1. The standard InChI is InChI=1S/C15H23BrN2O/c1-10(17)14-4-3-13(9-15(14)16)18-7-5-12(6-8-18)11(2)19/h3-4,9-12,19H,5-8,17H2,1-2H3/t10-,11?/m0/s1. The molecule has 1 saturated heterocycles. The van der Waals surface area contributed by atoms with Crippen LogP contribution in [0.1, 0.15) is 38.3 Å². The Morgan fingerprint density at radius 1 is 1.32 bits per heavy atom. The van der Waals surface area contributed by atoms with Gasteiger partial charge in [-0.2, -0.15) is 0 Å². The predicted molar refractivity (Wildman–Crippen MR) is 83.4 cm³/mol. The number of rotatable bonds is 3. The normalized spacial score (nSPS) is 20.4. The van der Waals surface area contributed by atoms with E-state index in [2.05, 4.69) is 39.0 Å². The van der Waals surface area contributed by atoms with Crippen LogP contribution in [0.2, 0.25) is 0 Å². The highest BCUT2D eigenvalue weighted by Gasteiger charge is 2.23. The van der Waals surface area contributed by atoms with Crippen LogP contribution >= 0.6 is 15.9 Å². The van der Waals surface area contributed by atoms with Gasteiger partial charge in [0.25, 0.3) is 0 Å². The molecule has 1 fully saturated rings. The summed E-state index contributed by atoms with van der Waals surface area (Å²) in [4.78, 5) is 2.38. The first-order valence-electron chi connectivity index (χ1n) is 6.97. The second kappa shape index (κ2) is 6.25. The van der Waals surface area contributed by atoms with E-state index in [4.69, 9.17) is 5.73 Å². The molecule has 106 valence electrons. The molecule has 1 aliphatic heterocycles. The van der Waals surface area contributed by atoms with Crippen LogP contribution in [0, 0.1) is 5.92 Å². The van der Waals surface area contributed by atoms with E-state index in [-0.39, 0.29) is 12.1 Å². The highest BCUT2D eigenvalue weighted by atomic mass is 79.9. The number of anilines is 1. The van der Waals surface area contributed by atoms with E-state index in [1.165, 1.54) is 5.69 Å². The van der Waals surface area contributed by atoms with Gasteiger partial charge < -0.3 is 15.7 Å². The second-order valence-electron chi connectivity index (χ2n) is 5.56. The Labute approximate surface area is 123 Å². The average molecular weight is 327 g/mol. The zero-order valence-electron chi connectivity index (χ0n) is 11.6. The van der Waals surface area contributed by atoms with Gasteiger partial charge in [-0.25, -0.2) is 0 Å². The van der Waals surface area contributed by atoms with Gasteiger partial charge in [0.15, 0.2) is 0 Å². The van der Waals surface area contributed by atoms with Crippen LogP contribution in [0.25, 0.3) is 0 Å². The SMILES string of the molecule is CC(O)C1CCN(c2ccc([C@H](C)N)c(Br)c2)CC1. The van der Waals surface area contributed by atoms with E-state index in [9.17, 15) is 5.11 Å². The molecule has 3 N–H and O–H groups in total. The third-order valence-electron chi connectivity index (χ3n) is 4.06. The smallest absolute Gasteiger partial charge is 0.0541 e. The largest absolute Gasteiger partial charge is 0.393 e. The first kappa shape index (κ1) is 14.8. The predicted octanol–water partition coefficient (Wildman–Crippen LogP) is 3.07. The molecule has 19 heavy (non-hydrogen) atoms. The van der Waals surface area contributed by atoms with Gasteiger partial charge in [-0.3, -0.25) is 0 Å². The lowest BCUT2D eigenvalue weighted by Crippen LogP contribution is -2.37. The van der Waals surface area contributed by atoms with E-state index in [1.54, 1.807) is 0 Å². The third-order valence-corrected chi connectivity index (χ3v) is 4.75. The molecule has 1 heterocycles. The fraction of sp³-hybridized carbons (Fsp3) is 0.600. The Bertz CT molecular complexity index is 426. The molecule has 1 unspecified atom stereocenters. The van der Waals surface area contributed by atoms with Crippen molar-refractivity contribution in [3.63, 3.8) is 0 Å². The number of piperidine rings is 1. The molecule has 0 radical (unpaired) electrons. The van der Waals surface area contributed by atoms with E-state index in [1.807, 2.05) is 13.8 Å². The molecule has 1 aromatic carbocycles. The average Bonchev–Trinajstić information content (AvgIpc) is 2.38. The molecule has 2 rings (SSSR count). The van der Waals surface area contributed by atoms with Gasteiger partial charge in [-0.1, -0.05) is 22.0 Å². The van der Waals surface area contributed by atoms with Crippen LogP contribution in [0.5, 0.6) is 0 Å². The highest BCUT2D eigenvalue weighted by Crippen LogP contribution is 2.30. The van der Waals surface area contributed by atoms with E-state index in [0.717, 1.165) is 36.0 Å². The number of halogens is 1. The summed E-state index contributed by atoms with van der Waals surface area (Å²) < 4.78 is 1.08. The van der Waals surface area contributed by atoms with Crippen LogP contribution in [-0.2, 0) is 0 Å². The van der Waals surface area contributed by atoms with Gasteiger partial charge in [0.2, 0.25) is 0 Å². The molecule has 0 amide bonds. The minimum atomic E-state index is -0.186. The van der Waals surface area contributed by atoms with Crippen LogP contribution in [0.3, 0.4) is 0 Å². The quantitative estimate of drug-likeness (QED) is 0.897. The monoisotopic (exact) mass is 326 g/mol. The highest BCUT2D eigenvalue weighted by molar-refractivity contribution is 9.10. The molecule has 0 saturated carbocycles. The Hall–Kier alpha value is -0.580. The minimum Gasteiger partial charge on any atom is -0.393 e. The molecule has 1 aliphatic rings. The van der Waals surface area contributed by atoms with Crippen LogP contribution < -0.4 is 10.6 Å². The van der Waals surface area contributed by atoms with Crippen LogP contribution in [-0.4, -0.2) is 24.3 Å². The summed E-state index contributed by atoms with van der Waals surface area (Å²) in [7, 11) is 0. The maximum Gasteiger partial charge on any atom is 0.0541 e. The van der Waals surface area contributed by atoms with Crippen molar-refractivity contribution in [3.8, 4) is 0 Å². The molecule has 0 spiro atoms. The second-order valence-corrected chi connectivity index (χ2v) is 6.41. The Morgan fingerprint density at radius 3 is 2.42 bits per heavy atom. The summed E-state index contributed by atoms with van der Waals surface area (Å²) in [5.41, 5.74) is 8.30. The Balaban J connectivity index is 2.06. The van der Waals surface area contributed by atoms with Gasteiger partial charge in [-0.05, 0) is 50.3 Å². The number of aliphatic hydroxyl groups excluding tert-OH is 1. The Morgan fingerprint density at radius 2 is 1.95 bits per heavy atom. The topological polar surface area (TPSA) is 49.5 Å². The van der Waals surface area contributed by atoms with Crippen molar-refractivity contribution in [2.24, 2.45) is 11.7 Å². The van der Waals surface area contributed by atoms with Crippen LogP contribution in [0.15, 0.2) is 22.7 Å². The molecule has 0 bridgehead atoms. The van der Waals surface area contributed by atoms with E-state index in [0.29, 0.717) is 5.92 Å². The van der Waals surface area contributed by atoms with Crippen molar-refractivity contribution in [1.29, 1.82) is 0 Å². The summed E-state index contributed by atoms with van der Waals surface area (Å²) in [5, 5.41) is 9.64. The molecule has 2 atom stereocenters. The summed E-state index contributed by atoms with van der Waals surface area (Å²) >= 11 is 3.60. The summed E-state index contributed by atoms with van der Waals surface area (Å²) in [6, 6.07) is 6.45.